The van der Waals surface area contributed by atoms with Crippen LogP contribution in [0, 0.1) is 11.8 Å². The third-order valence-corrected chi connectivity index (χ3v) is 3.33. The van der Waals surface area contributed by atoms with Crippen LogP contribution in [0.3, 0.4) is 0 Å². The van der Waals surface area contributed by atoms with Gasteiger partial charge in [0.25, 0.3) is 0 Å². The Hall–Kier alpha value is 0.220. The summed E-state index contributed by atoms with van der Waals surface area (Å²) in [6.07, 6.45) is 3.00. The van der Waals surface area contributed by atoms with Gasteiger partial charge in [0.1, 0.15) is 0 Å². The Morgan fingerprint density at radius 2 is 1.70 bits per heavy atom. The Morgan fingerprint density at radius 1 is 1.30 bits per heavy atom. The van der Waals surface area contributed by atoms with Crippen molar-refractivity contribution in [2.75, 3.05) is 0 Å². The van der Waals surface area contributed by atoms with Gasteiger partial charge in [-0.1, -0.05) is 31.9 Å². The maximum atomic E-state index is 13.4. The number of alkyl halides is 2. The van der Waals surface area contributed by atoms with Gasteiger partial charge in [-0.15, -0.1) is 0 Å². The lowest BCUT2D eigenvalue weighted by Crippen LogP contribution is -2.35. The molecule has 0 aliphatic heterocycles. The lowest BCUT2D eigenvalue weighted by Gasteiger charge is -2.35. The molecule has 0 aromatic heterocycles. The van der Waals surface area contributed by atoms with Crippen LogP contribution in [0.5, 0.6) is 0 Å². The molecule has 0 N–H and O–H groups in total. The van der Waals surface area contributed by atoms with E-state index in [0.29, 0.717) is 0 Å². The number of rotatable bonds is 0. The summed E-state index contributed by atoms with van der Waals surface area (Å²) in [5.41, 5.74) is 0. The number of hydrogen-bond donors (Lipinski definition) is 0. The van der Waals surface area contributed by atoms with Crippen LogP contribution < -0.4 is 0 Å². The van der Waals surface area contributed by atoms with Crippen LogP contribution >= 0.6 is 11.6 Å². The summed E-state index contributed by atoms with van der Waals surface area (Å²) in [6, 6.07) is 0. The van der Waals surface area contributed by atoms with E-state index < -0.39 is 5.13 Å². The van der Waals surface area contributed by atoms with E-state index in [1.54, 1.807) is 0 Å². The molecule has 0 nitrogen and oxygen atoms in total. The summed E-state index contributed by atoms with van der Waals surface area (Å²) in [4.78, 5) is 0. The minimum absolute atomic E-state index is 0.0258. The van der Waals surface area contributed by atoms with Gasteiger partial charge in [0.05, 0.1) is 0 Å². The molecule has 2 heteroatoms. The molecule has 60 valence electrons. The summed E-state index contributed by atoms with van der Waals surface area (Å²) in [6.45, 7) is 3.78. The number of hydrogen-bond acceptors (Lipinski definition) is 0. The van der Waals surface area contributed by atoms with Crippen LogP contribution in [0.4, 0.5) is 4.39 Å². The summed E-state index contributed by atoms with van der Waals surface area (Å²) in [7, 11) is 0. The van der Waals surface area contributed by atoms with Gasteiger partial charge >= 0.3 is 0 Å². The predicted octanol–water partition coefficient (Wildman–Crippen LogP) is 3.35. The van der Waals surface area contributed by atoms with Gasteiger partial charge in [-0.2, -0.15) is 0 Å². The van der Waals surface area contributed by atoms with Crippen LogP contribution in [0.1, 0.15) is 33.1 Å². The van der Waals surface area contributed by atoms with Crippen molar-refractivity contribution >= 4 is 11.6 Å². The van der Waals surface area contributed by atoms with Gasteiger partial charge in [0.15, 0.2) is 5.13 Å². The van der Waals surface area contributed by atoms with E-state index in [2.05, 4.69) is 0 Å². The first-order chi connectivity index (χ1) is 4.55. The first-order valence-corrected chi connectivity index (χ1v) is 4.30. The third-order valence-electron chi connectivity index (χ3n) is 2.59. The molecule has 1 aliphatic rings. The maximum Gasteiger partial charge on any atom is 0.188 e. The first-order valence-electron chi connectivity index (χ1n) is 3.93. The smallest absolute Gasteiger partial charge is 0.188 e. The summed E-state index contributed by atoms with van der Waals surface area (Å²) < 4.78 is 13.4. The maximum absolute atomic E-state index is 13.4. The monoisotopic (exact) mass is 164 g/mol. The van der Waals surface area contributed by atoms with Crippen LogP contribution in [-0.2, 0) is 0 Å². The molecule has 3 atom stereocenters. The lowest BCUT2D eigenvalue weighted by molar-refractivity contribution is 0.0770. The topological polar surface area (TPSA) is 0 Å². The average molecular weight is 165 g/mol. The van der Waals surface area contributed by atoms with E-state index in [0.717, 1.165) is 19.3 Å². The van der Waals surface area contributed by atoms with Crippen LogP contribution in [0.15, 0.2) is 0 Å². The highest BCUT2D eigenvalue weighted by Gasteiger charge is 2.41. The molecule has 0 heterocycles. The SMILES string of the molecule is C[C@@H]1CCC[C@H](C)C1(F)Cl. The van der Waals surface area contributed by atoms with E-state index in [1.165, 1.54) is 0 Å². The van der Waals surface area contributed by atoms with Gasteiger partial charge in [-0.3, -0.25) is 0 Å². The molecule has 0 amide bonds. The summed E-state index contributed by atoms with van der Waals surface area (Å²) in [5.74, 6) is 0.0517. The molecule has 1 saturated carbocycles. The molecular formula is C8H14ClF. The fourth-order valence-electron chi connectivity index (χ4n) is 1.60. The Kier molecular flexibility index (Phi) is 2.24. The zero-order valence-electron chi connectivity index (χ0n) is 6.53. The zero-order chi connectivity index (χ0) is 7.78. The van der Waals surface area contributed by atoms with Crippen LogP contribution in [0.2, 0.25) is 0 Å². The van der Waals surface area contributed by atoms with Crippen molar-refractivity contribution in [2.45, 2.75) is 38.2 Å². The Morgan fingerprint density at radius 3 is 2.00 bits per heavy atom. The average Bonchev–Trinajstić information content (AvgIpc) is 1.84. The highest BCUT2D eigenvalue weighted by molar-refractivity contribution is 6.23. The molecule has 1 aliphatic carbocycles. The second kappa shape index (κ2) is 2.69. The molecule has 1 fully saturated rings. The van der Waals surface area contributed by atoms with E-state index in [4.69, 9.17) is 11.6 Å². The Labute approximate surface area is 66.8 Å². The van der Waals surface area contributed by atoms with E-state index in [1.807, 2.05) is 13.8 Å². The molecule has 0 saturated heterocycles. The summed E-state index contributed by atoms with van der Waals surface area (Å²) in [5, 5.41) is -1.43. The Balaban J connectivity index is 2.63. The lowest BCUT2D eigenvalue weighted by atomic mass is 9.81. The first kappa shape index (κ1) is 8.32. The Bertz CT molecular complexity index is 110. The molecule has 0 aromatic rings. The standard InChI is InChI=1S/C8H14ClF/c1-6-4-3-5-7(2)8(6,9)10/h6-7H,3-5H2,1-2H3/t6-,7+,8?. The van der Waals surface area contributed by atoms with Crippen molar-refractivity contribution in [1.82, 2.24) is 0 Å². The minimum atomic E-state index is -1.43. The second-order valence-electron chi connectivity index (χ2n) is 3.41. The largest absolute Gasteiger partial charge is 0.226 e. The second-order valence-corrected chi connectivity index (χ2v) is 3.99. The van der Waals surface area contributed by atoms with Crippen molar-refractivity contribution in [3.63, 3.8) is 0 Å². The van der Waals surface area contributed by atoms with Gasteiger partial charge in [-0.05, 0) is 12.8 Å². The molecule has 1 rings (SSSR count). The van der Waals surface area contributed by atoms with E-state index in [-0.39, 0.29) is 11.8 Å². The molecule has 0 spiro atoms. The van der Waals surface area contributed by atoms with Crippen molar-refractivity contribution in [3.8, 4) is 0 Å². The third kappa shape index (κ3) is 1.29. The van der Waals surface area contributed by atoms with Gasteiger partial charge in [-0.25, -0.2) is 4.39 Å². The van der Waals surface area contributed by atoms with Crippen molar-refractivity contribution in [1.29, 1.82) is 0 Å². The normalized spacial score (nSPS) is 49.2. The molecule has 10 heavy (non-hydrogen) atoms. The molecule has 0 bridgehead atoms. The number of halogens is 2. The van der Waals surface area contributed by atoms with E-state index >= 15 is 0 Å². The quantitative estimate of drug-likeness (QED) is 0.482. The summed E-state index contributed by atoms with van der Waals surface area (Å²) >= 11 is 5.71. The molecular weight excluding hydrogens is 151 g/mol. The molecule has 1 unspecified atom stereocenters. The van der Waals surface area contributed by atoms with Crippen molar-refractivity contribution in [2.24, 2.45) is 11.8 Å². The van der Waals surface area contributed by atoms with E-state index in [9.17, 15) is 4.39 Å². The fraction of sp³-hybridized carbons (Fsp3) is 1.00. The highest BCUT2D eigenvalue weighted by atomic mass is 35.5. The van der Waals surface area contributed by atoms with Crippen molar-refractivity contribution in [3.05, 3.63) is 0 Å². The van der Waals surface area contributed by atoms with Gasteiger partial charge in [0.2, 0.25) is 0 Å². The molecule has 0 aromatic carbocycles. The van der Waals surface area contributed by atoms with Gasteiger partial charge < -0.3 is 0 Å². The van der Waals surface area contributed by atoms with Crippen LogP contribution in [-0.4, -0.2) is 5.13 Å². The van der Waals surface area contributed by atoms with Gasteiger partial charge in [0, 0.05) is 11.8 Å². The predicted molar refractivity (Wildman–Crippen MR) is 41.9 cm³/mol. The minimum Gasteiger partial charge on any atom is -0.226 e. The van der Waals surface area contributed by atoms with Crippen LogP contribution in [0.25, 0.3) is 0 Å². The zero-order valence-corrected chi connectivity index (χ0v) is 7.29. The fourth-order valence-corrected chi connectivity index (χ4v) is 1.82. The molecule has 0 radical (unpaired) electrons. The highest BCUT2D eigenvalue weighted by Crippen LogP contribution is 2.43. The van der Waals surface area contributed by atoms with Crippen molar-refractivity contribution < 1.29 is 4.39 Å².